The minimum Gasteiger partial charge on any atom is -0.292 e. The lowest BCUT2D eigenvalue weighted by Gasteiger charge is -2.36. The summed E-state index contributed by atoms with van der Waals surface area (Å²) < 4.78 is 0. The molecule has 1 radical (unpaired) electrons. The van der Waals surface area contributed by atoms with E-state index in [9.17, 15) is 4.79 Å². The van der Waals surface area contributed by atoms with E-state index in [4.69, 9.17) is 9.78 Å². The number of rotatable bonds is 4. The van der Waals surface area contributed by atoms with Gasteiger partial charge in [0.25, 0.3) is 0 Å². The standard InChI is InChI=1S/C18H25O3/c1-5-14-6-8-15(9-7-14)17(19)21-20-16-10-13(2)11-18(3,4)12-16/h6-9,13H,5,10-12H2,1-4H3. The highest BCUT2D eigenvalue weighted by Crippen LogP contribution is 2.43. The molecule has 0 aromatic heterocycles. The molecule has 0 saturated heterocycles. The fourth-order valence-corrected chi connectivity index (χ4v) is 3.17. The third-order valence-corrected chi connectivity index (χ3v) is 3.99. The molecule has 0 heterocycles. The monoisotopic (exact) mass is 289 g/mol. The quantitative estimate of drug-likeness (QED) is 0.594. The zero-order valence-corrected chi connectivity index (χ0v) is 13.4. The highest BCUT2D eigenvalue weighted by Gasteiger charge is 2.34. The molecule has 0 N–H and O–H groups in total. The van der Waals surface area contributed by atoms with Crippen LogP contribution in [0.15, 0.2) is 24.3 Å². The SMILES string of the molecule is CCc1ccc(C(=O)OO[C]2CC(C)CC(C)(C)C2)cc1. The normalized spacial score (nSPS) is 22.0. The fraction of sp³-hybridized carbons (Fsp3) is 0.556. The van der Waals surface area contributed by atoms with Gasteiger partial charge < -0.3 is 0 Å². The zero-order valence-electron chi connectivity index (χ0n) is 13.4. The van der Waals surface area contributed by atoms with E-state index < -0.39 is 5.97 Å². The molecule has 1 unspecified atom stereocenters. The zero-order chi connectivity index (χ0) is 15.5. The Hall–Kier alpha value is -1.35. The van der Waals surface area contributed by atoms with Crippen LogP contribution in [0.25, 0.3) is 0 Å². The van der Waals surface area contributed by atoms with Gasteiger partial charge in [0.15, 0.2) is 0 Å². The molecule has 0 aliphatic heterocycles. The van der Waals surface area contributed by atoms with E-state index >= 15 is 0 Å². The summed E-state index contributed by atoms with van der Waals surface area (Å²) in [6.07, 6.45) is 4.71. The van der Waals surface area contributed by atoms with Crippen LogP contribution in [0.1, 0.15) is 62.9 Å². The summed E-state index contributed by atoms with van der Waals surface area (Å²) in [5.41, 5.74) is 1.93. The molecule has 1 aliphatic carbocycles. The minimum atomic E-state index is -0.429. The maximum absolute atomic E-state index is 12.0. The maximum Gasteiger partial charge on any atom is 0.373 e. The number of hydrogen-bond acceptors (Lipinski definition) is 3. The van der Waals surface area contributed by atoms with E-state index in [2.05, 4.69) is 27.7 Å². The predicted octanol–water partition coefficient (Wildman–Crippen LogP) is 4.72. The Morgan fingerprint density at radius 3 is 2.52 bits per heavy atom. The molecule has 3 nitrogen and oxygen atoms in total. The van der Waals surface area contributed by atoms with Gasteiger partial charge in [-0.25, -0.2) is 4.79 Å². The molecule has 0 amide bonds. The first-order chi connectivity index (χ1) is 9.89. The van der Waals surface area contributed by atoms with Crippen LogP contribution in [0, 0.1) is 17.4 Å². The van der Waals surface area contributed by atoms with E-state index in [0.29, 0.717) is 11.5 Å². The third kappa shape index (κ3) is 4.57. The van der Waals surface area contributed by atoms with Crippen molar-refractivity contribution in [3.8, 4) is 0 Å². The Balaban J connectivity index is 1.88. The largest absolute Gasteiger partial charge is 0.373 e. The van der Waals surface area contributed by atoms with Crippen molar-refractivity contribution in [3.05, 3.63) is 41.5 Å². The number of aryl methyl sites for hydroxylation is 1. The van der Waals surface area contributed by atoms with E-state index in [0.717, 1.165) is 25.4 Å². The van der Waals surface area contributed by atoms with Crippen LogP contribution in [-0.4, -0.2) is 5.97 Å². The summed E-state index contributed by atoms with van der Waals surface area (Å²) in [6.45, 7) is 8.73. The van der Waals surface area contributed by atoms with E-state index in [1.165, 1.54) is 12.0 Å². The van der Waals surface area contributed by atoms with Gasteiger partial charge in [0, 0.05) is 0 Å². The van der Waals surface area contributed by atoms with Crippen molar-refractivity contribution in [1.82, 2.24) is 0 Å². The topological polar surface area (TPSA) is 35.5 Å². The van der Waals surface area contributed by atoms with Crippen LogP contribution in [-0.2, 0) is 16.2 Å². The molecule has 2 rings (SSSR count). The van der Waals surface area contributed by atoms with Gasteiger partial charge in [-0.2, -0.15) is 4.89 Å². The molecular weight excluding hydrogens is 264 g/mol. The van der Waals surface area contributed by atoms with Gasteiger partial charge in [-0.1, -0.05) is 39.8 Å². The summed E-state index contributed by atoms with van der Waals surface area (Å²) in [6, 6.07) is 7.44. The van der Waals surface area contributed by atoms with Gasteiger partial charge in [-0.3, -0.25) is 4.89 Å². The molecule has 3 heteroatoms. The summed E-state index contributed by atoms with van der Waals surface area (Å²) >= 11 is 0. The van der Waals surface area contributed by atoms with Crippen molar-refractivity contribution in [2.24, 2.45) is 11.3 Å². The maximum atomic E-state index is 12.0. The Morgan fingerprint density at radius 1 is 1.29 bits per heavy atom. The highest BCUT2D eigenvalue weighted by atomic mass is 17.2. The third-order valence-electron chi connectivity index (χ3n) is 3.99. The minimum absolute atomic E-state index is 0.210. The average molecular weight is 289 g/mol. The van der Waals surface area contributed by atoms with Gasteiger partial charge in [-0.05, 0) is 54.7 Å². The van der Waals surface area contributed by atoms with Crippen LogP contribution >= 0.6 is 0 Å². The first-order valence-electron chi connectivity index (χ1n) is 7.72. The molecule has 1 fully saturated rings. The lowest BCUT2D eigenvalue weighted by Crippen LogP contribution is -2.28. The van der Waals surface area contributed by atoms with Crippen molar-refractivity contribution >= 4 is 5.97 Å². The van der Waals surface area contributed by atoms with E-state index in [-0.39, 0.29) is 5.41 Å². The first-order valence-corrected chi connectivity index (χ1v) is 7.72. The lowest BCUT2D eigenvalue weighted by molar-refractivity contribution is -0.245. The predicted molar refractivity (Wildman–Crippen MR) is 82.4 cm³/mol. The van der Waals surface area contributed by atoms with Crippen LogP contribution in [0.5, 0.6) is 0 Å². The summed E-state index contributed by atoms with van der Waals surface area (Å²) in [7, 11) is 0. The molecule has 1 atom stereocenters. The second-order valence-electron chi connectivity index (χ2n) is 6.90. The van der Waals surface area contributed by atoms with Gasteiger partial charge in [0.2, 0.25) is 0 Å². The molecule has 0 spiro atoms. The smallest absolute Gasteiger partial charge is 0.292 e. The van der Waals surface area contributed by atoms with Crippen LogP contribution in [0.4, 0.5) is 0 Å². The second-order valence-corrected chi connectivity index (χ2v) is 6.90. The molecule has 0 bridgehead atoms. The van der Waals surface area contributed by atoms with Gasteiger partial charge in [0.05, 0.1) is 5.56 Å². The number of carbonyl (C=O) groups is 1. The van der Waals surface area contributed by atoms with Crippen molar-refractivity contribution in [2.45, 2.75) is 53.4 Å². The molecule has 1 saturated carbocycles. The van der Waals surface area contributed by atoms with Crippen molar-refractivity contribution in [2.75, 3.05) is 0 Å². The first kappa shape index (κ1) is 16.0. The Labute approximate surface area is 127 Å². The van der Waals surface area contributed by atoms with Crippen LogP contribution in [0.3, 0.4) is 0 Å². The Morgan fingerprint density at radius 2 is 1.95 bits per heavy atom. The molecule has 1 aliphatic rings. The fourth-order valence-electron chi connectivity index (χ4n) is 3.17. The van der Waals surface area contributed by atoms with Crippen LogP contribution in [0.2, 0.25) is 0 Å². The van der Waals surface area contributed by atoms with E-state index in [1.54, 1.807) is 12.1 Å². The van der Waals surface area contributed by atoms with Gasteiger partial charge >= 0.3 is 5.97 Å². The summed E-state index contributed by atoms with van der Waals surface area (Å²) in [5, 5.41) is 0. The molecule has 115 valence electrons. The number of benzene rings is 1. The van der Waals surface area contributed by atoms with Gasteiger partial charge in [0.1, 0.15) is 6.10 Å². The van der Waals surface area contributed by atoms with Crippen molar-refractivity contribution in [3.63, 3.8) is 0 Å². The summed E-state index contributed by atoms with van der Waals surface area (Å²) in [5.74, 6) is 0.132. The Bertz CT molecular complexity index is 476. The molecular formula is C18H25O3. The van der Waals surface area contributed by atoms with Crippen LogP contribution < -0.4 is 0 Å². The van der Waals surface area contributed by atoms with Crippen molar-refractivity contribution in [1.29, 1.82) is 0 Å². The average Bonchev–Trinajstić information content (AvgIpc) is 2.43. The van der Waals surface area contributed by atoms with Crippen molar-refractivity contribution < 1.29 is 14.6 Å². The Kier molecular flexibility index (Phi) is 5.04. The lowest BCUT2D eigenvalue weighted by atomic mass is 9.71. The second kappa shape index (κ2) is 6.61. The molecule has 1 aromatic carbocycles. The summed E-state index contributed by atoms with van der Waals surface area (Å²) in [4.78, 5) is 22.3. The molecule has 1 aromatic rings. The highest BCUT2D eigenvalue weighted by molar-refractivity contribution is 5.88. The van der Waals surface area contributed by atoms with Gasteiger partial charge in [-0.15, -0.1) is 0 Å². The number of carbonyl (C=O) groups excluding carboxylic acids is 1. The van der Waals surface area contributed by atoms with E-state index in [1.807, 2.05) is 12.1 Å². The molecule has 21 heavy (non-hydrogen) atoms. The number of hydrogen-bond donors (Lipinski definition) is 0.